The van der Waals surface area contributed by atoms with Crippen molar-refractivity contribution in [3.8, 4) is 0 Å². The van der Waals surface area contributed by atoms with Crippen LogP contribution in [0.5, 0.6) is 0 Å². The number of aromatic nitrogens is 2. The van der Waals surface area contributed by atoms with Crippen molar-refractivity contribution in [3.63, 3.8) is 0 Å². The molecule has 0 saturated carbocycles. The highest BCUT2D eigenvalue weighted by Gasteiger charge is 2.36. The first-order valence-electron chi connectivity index (χ1n) is 7.91. The van der Waals surface area contributed by atoms with E-state index in [1.165, 1.54) is 12.1 Å². The van der Waals surface area contributed by atoms with E-state index in [-0.39, 0.29) is 17.8 Å². The second-order valence-electron chi connectivity index (χ2n) is 6.37. The third-order valence-corrected chi connectivity index (χ3v) is 4.37. The van der Waals surface area contributed by atoms with Crippen LogP contribution >= 0.6 is 0 Å². The molecule has 1 atom stereocenters. The van der Waals surface area contributed by atoms with Crippen LogP contribution in [0.3, 0.4) is 0 Å². The van der Waals surface area contributed by atoms with Crippen LogP contribution < -0.4 is 0 Å². The Bertz CT molecular complexity index is 704. The molecule has 0 spiro atoms. The SMILES string of the molecule is CC(C)(C(=O)N1CCO[C@@H](c2cnccn2)C1)c1ccc(F)cc1. The molecule has 1 aromatic carbocycles. The van der Waals surface area contributed by atoms with Gasteiger partial charge in [-0.1, -0.05) is 12.1 Å². The summed E-state index contributed by atoms with van der Waals surface area (Å²) in [4.78, 5) is 23.1. The van der Waals surface area contributed by atoms with Crippen LogP contribution in [0, 0.1) is 5.82 Å². The Morgan fingerprint density at radius 1 is 1.29 bits per heavy atom. The first kappa shape index (κ1) is 16.5. The van der Waals surface area contributed by atoms with Gasteiger partial charge in [-0.25, -0.2) is 4.39 Å². The number of carbonyl (C=O) groups excluding carboxylic acids is 1. The fraction of sp³-hybridized carbons (Fsp3) is 0.389. The normalized spacial score (nSPS) is 18.5. The van der Waals surface area contributed by atoms with Gasteiger partial charge in [-0.3, -0.25) is 14.8 Å². The number of ether oxygens (including phenoxy) is 1. The molecular weight excluding hydrogens is 309 g/mol. The van der Waals surface area contributed by atoms with Crippen molar-refractivity contribution in [2.45, 2.75) is 25.4 Å². The zero-order chi connectivity index (χ0) is 17.2. The minimum atomic E-state index is -0.738. The van der Waals surface area contributed by atoms with Gasteiger partial charge >= 0.3 is 0 Å². The lowest BCUT2D eigenvalue weighted by Gasteiger charge is -2.37. The van der Waals surface area contributed by atoms with Gasteiger partial charge in [0.15, 0.2) is 0 Å². The molecule has 3 rings (SSSR count). The molecule has 0 radical (unpaired) electrons. The van der Waals surface area contributed by atoms with Crippen LogP contribution in [-0.4, -0.2) is 40.5 Å². The molecule has 2 heterocycles. The predicted octanol–water partition coefficient (Wildman–Crippen LogP) is 2.49. The van der Waals surface area contributed by atoms with E-state index < -0.39 is 5.41 Å². The molecule has 6 heteroatoms. The number of hydrogen-bond donors (Lipinski definition) is 0. The first-order valence-corrected chi connectivity index (χ1v) is 7.91. The maximum Gasteiger partial charge on any atom is 0.232 e. The Morgan fingerprint density at radius 2 is 2.04 bits per heavy atom. The molecule has 0 N–H and O–H groups in total. The highest BCUT2D eigenvalue weighted by molar-refractivity contribution is 5.87. The summed E-state index contributed by atoms with van der Waals surface area (Å²) in [6.45, 7) is 5.12. The summed E-state index contributed by atoms with van der Waals surface area (Å²) in [5.74, 6) is -0.317. The Kier molecular flexibility index (Phi) is 4.57. The van der Waals surface area contributed by atoms with Gasteiger partial charge in [-0.2, -0.15) is 0 Å². The van der Waals surface area contributed by atoms with E-state index in [0.29, 0.717) is 19.7 Å². The summed E-state index contributed by atoms with van der Waals surface area (Å²) >= 11 is 0. The van der Waals surface area contributed by atoms with Crippen molar-refractivity contribution in [2.75, 3.05) is 19.7 Å². The van der Waals surface area contributed by atoms with Crippen LogP contribution in [0.4, 0.5) is 4.39 Å². The lowest BCUT2D eigenvalue weighted by Crippen LogP contribution is -2.49. The highest BCUT2D eigenvalue weighted by atomic mass is 19.1. The molecule has 2 aromatic rings. The molecule has 5 nitrogen and oxygen atoms in total. The van der Waals surface area contributed by atoms with E-state index in [9.17, 15) is 9.18 Å². The summed E-state index contributed by atoms with van der Waals surface area (Å²) in [7, 11) is 0. The van der Waals surface area contributed by atoms with Gasteiger partial charge in [0.05, 0.1) is 30.5 Å². The molecule has 1 aliphatic rings. The van der Waals surface area contributed by atoms with E-state index >= 15 is 0 Å². The number of nitrogens with zero attached hydrogens (tertiary/aromatic N) is 3. The smallest absolute Gasteiger partial charge is 0.232 e. The second-order valence-corrected chi connectivity index (χ2v) is 6.37. The number of benzene rings is 1. The Labute approximate surface area is 140 Å². The Hall–Kier alpha value is -2.34. The van der Waals surface area contributed by atoms with E-state index in [4.69, 9.17) is 4.74 Å². The molecule has 1 amide bonds. The van der Waals surface area contributed by atoms with Crippen LogP contribution in [0.1, 0.15) is 31.2 Å². The van der Waals surface area contributed by atoms with Gasteiger partial charge in [-0.15, -0.1) is 0 Å². The van der Waals surface area contributed by atoms with Crippen molar-refractivity contribution in [2.24, 2.45) is 0 Å². The first-order chi connectivity index (χ1) is 11.5. The quantitative estimate of drug-likeness (QED) is 0.868. The second kappa shape index (κ2) is 6.65. The molecule has 0 aliphatic carbocycles. The number of carbonyl (C=O) groups is 1. The van der Waals surface area contributed by atoms with E-state index in [1.54, 1.807) is 35.6 Å². The largest absolute Gasteiger partial charge is 0.368 e. The Balaban J connectivity index is 1.77. The van der Waals surface area contributed by atoms with Gasteiger partial charge < -0.3 is 9.64 Å². The molecule has 0 bridgehead atoms. The molecule has 1 aliphatic heterocycles. The minimum Gasteiger partial charge on any atom is -0.368 e. The van der Waals surface area contributed by atoms with Gasteiger partial charge in [0.2, 0.25) is 5.91 Å². The van der Waals surface area contributed by atoms with Crippen molar-refractivity contribution in [3.05, 3.63) is 59.9 Å². The number of hydrogen-bond acceptors (Lipinski definition) is 4. The molecule has 24 heavy (non-hydrogen) atoms. The molecule has 1 saturated heterocycles. The lowest BCUT2D eigenvalue weighted by atomic mass is 9.83. The van der Waals surface area contributed by atoms with Crippen molar-refractivity contribution < 1.29 is 13.9 Å². The molecule has 0 unspecified atom stereocenters. The maximum absolute atomic E-state index is 13.1. The van der Waals surface area contributed by atoms with Crippen molar-refractivity contribution in [1.29, 1.82) is 0 Å². The van der Waals surface area contributed by atoms with Crippen molar-refractivity contribution >= 4 is 5.91 Å². The van der Waals surface area contributed by atoms with Crippen LogP contribution in [-0.2, 0) is 14.9 Å². The zero-order valence-corrected chi connectivity index (χ0v) is 13.8. The highest BCUT2D eigenvalue weighted by Crippen LogP contribution is 2.29. The Morgan fingerprint density at radius 3 is 2.71 bits per heavy atom. The summed E-state index contributed by atoms with van der Waals surface area (Å²) < 4.78 is 18.9. The summed E-state index contributed by atoms with van der Waals surface area (Å²) in [6, 6.07) is 6.08. The topological polar surface area (TPSA) is 55.3 Å². The molecular formula is C18H20FN3O2. The van der Waals surface area contributed by atoms with Gasteiger partial charge in [0.1, 0.15) is 11.9 Å². The van der Waals surface area contributed by atoms with E-state index in [2.05, 4.69) is 9.97 Å². The lowest BCUT2D eigenvalue weighted by molar-refractivity contribution is -0.144. The fourth-order valence-corrected chi connectivity index (χ4v) is 2.87. The molecule has 1 fully saturated rings. The number of morpholine rings is 1. The minimum absolute atomic E-state index is 0.00806. The summed E-state index contributed by atoms with van der Waals surface area (Å²) in [5, 5.41) is 0. The van der Waals surface area contributed by atoms with Crippen LogP contribution in [0.2, 0.25) is 0 Å². The number of halogens is 1. The van der Waals surface area contributed by atoms with Gasteiger partial charge in [0.25, 0.3) is 0 Å². The van der Waals surface area contributed by atoms with Crippen LogP contribution in [0.15, 0.2) is 42.9 Å². The molecule has 126 valence electrons. The van der Waals surface area contributed by atoms with E-state index in [1.807, 2.05) is 13.8 Å². The zero-order valence-electron chi connectivity index (χ0n) is 13.8. The van der Waals surface area contributed by atoms with E-state index in [0.717, 1.165) is 11.3 Å². The molecule has 1 aromatic heterocycles. The number of amides is 1. The number of rotatable bonds is 3. The summed E-state index contributed by atoms with van der Waals surface area (Å²) in [5.41, 5.74) is 0.767. The van der Waals surface area contributed by atoms with Gasteiger partial charge in [-0.05, 0) is 31.5 Å². The third kappa shape index (κ3) is 3.28. The van der Waals surface area contributed by atoms with Crippen molar-refractivity contribution in [1.82, 2.24) is 14.9 Å². The predicted molar refractivity (Wildman–Crippen MR) is 86.7 cm³/mol. The monoisotopic (exact) mass is 329 g/mol. The standard InChI is InChI=1S/C18H20FN3O2/c1-18(2,13-3-5-14(19)6-4-13)17(23)22-9-10-24-16(12-22)15-11-20-7-8-21-15/h3-8,11,16H,9-10,12H2,1-2H3/t16-/m1/s1. The average molecular weight is 329 g/mol. The summed E-state index contributed by atoms with van der Waals surface area (Å²) in [6.07, 6.45) is 4.60. The van der Waals surface area contributed by atoms with Crippen LogP contribution in [0.25, 0.3) is 0 Å². The fourth-order valence-electron chi connectivity index (χ4n) is 2.87. The average Bonchev–Trinajstić information content (AvgIpc) is 2.62. The third-order valence-electron chi connectivity index (χ3n) is 4.37. The maximum atomic E-state index is 13.1. The van der Waals surface area contributed by atoms with Gasteiger partial charge in [0, 0.05) is 18.9 Å².